The standard InChI is InChI=1S/C16H24FN3O2/c1-12(7-10-21)18-16(22)19-14-11-13(17)5-6-15(14)20-8-3-2-4-9-20/h5-6,11-12,21H,2-4,7-10H2,1H3,(H2,18,19,22)/t12-/m1/s1. The van der Waals surface area contributed by atoms with Gasteiger partial charge in [0.15, 0.2) is 0 Å². The van der Waals surface area contributed by atoms with E-state index in [0.29, 0.717) is 12.1 Å². The molecule has 0 aromatic heterocycles. The van der Waals surface area contributed by atoms with Gasteiger partial charge in [-0.05, 0) is 50.8 Å². The van der Waals surface area contributed by atoms with Crippen LogP contribution < -0.4 is 15.5 Å². The van der Waals surface area contributed by atoms with Crippen molar-refractivity contribution in [3.63, 3.8) is 0 Å². The molecule has 1 fully saturated rings. The number of urea groups is 1. The summed E-state index contributed by atoms with van der Waals surface area (Å²) in [5, 5.41) is 14.3. The number of halogens is 1. The van der Waals surface area contributed by atoms with E-state index in [4.69, 9.17) is 5.11 Å². The van der Waals surface area contributed by atoms with E-state index in [-0.39, 0.29) is 24.5 Å². The van der Waals surface area contributed by atoms with Crippen molar-refractivity contribution in [1.82, 2.24) is 5.32 Å². The number of nitrogens with one attached hydrogen (secondary N) is 2. The highest BCUT2D eigenvalue weighted by atomic mass is 19.1. The lowest BCUT2D eigenvalue weighted by atomic mass is 10.1. The van der Waals surface area contributed by atoms with Gasteiger partial charge in [0.25, 0.3) is 0 Å². The second kappa shape index (κ2) is 7.98. The lowest BCUT2D eigenvalue weighted by Crippen LogP contribution is -2.37. The normalized spacial score (nSPS) is 16.2. The molecule has 0 bridgehead atoms. The van der Waals surface area contributed by atoms with Crippen molar-refractivity contribution in [2.45, 2.75) is 38.6 Å². The Morgan fingerprint density at radius 3 is 2.77 bits per heavy atom. The molecule has 2 rings (SSSR count). The van der Waals surface area contributed by atoms with Crippen molar-refractivity contribution in [1.29, 1.82) is 0 Å². The quantitative estimate of drug-likeness (QED) is 0.783. The minimum atomic E-state index is -0.384. The van der Waals surface area contributed by atoms with Crippen LogP contribution >= 0.6 is 0 Å². The average Bonchev–Trinajstić information content (AvgIpc) is 2.48. The predicted molar refractivity (Wildman–Crippen MR) is 85.8 cm³/mol. The second-order valence-corrected chi connectivity index (χ2v) is 5.72. The SMILES string of the molecule is C[C@H](CCO)NC(=O)Nc1cc(F)ccc1N1CCCCC1. The molecule has 0 radical (unpaired) electrons. The van der Waals surface area contributed by atoms with Crippen LogP contribution in [0, 0.1) is 5.82 Å². The summed E-state index contributed by atoms with van der Waals surface area (Å²) >= 11 is 0. The molecule has 1 saturated heterocycles. The van der Waals surface area contributed by atoms with Gasteiger partial charge in [0, 0.05) is 25.7 Å². The average molecular weight is 309 g/mol. The van der Waals surface area contributed by atoms with E-state index in [1.807, 2.05) is 6.92 Å². The Kier molecular flexibility index (Phi) is 6.00. The number of nitrogens with zero attached hydrogens (tertiary/aromatic N) is 1. The Hall–Kier alpha value is -1.82. The van der Waals surface area contributed by atoms with Crippen LogP contribution in [0.4, 0.5) is 20.6 Å². The second-order valence-electron chi connectivity index (χ2n) is 5.72. The third-order valence-electron chi connectivity index (χ3n) is 3.84. The molecule has 1 aliphatic rings. The van der Waals surface area contributed by atoms with Crippen LogP contribution in [0.2, 0.25) is 0 Å². The zero-order valence-electron chi connectivity index (χ0n) is 12.9. The van der Waals surface area contributed by atoms with Gasteiger partial charge in [0.2, 0.25) is 0 Å². The smallest absolute Gasteiger partial charge is 0.319 e. The van der Waals surface area contributed by atoms with Crippen LogP contribution in [0.25, 0.3) is 0 Å². The third-order valence-corrected chi connectivity index (χ3v) is 3.84. The summed E-state index contributed by atoms with van der Waals surface area (Å²) < 4.78 is 13.5. The molecular weight excluding hydrogens is 285 g/mol. The molecule has 0 saturated carbocycles. The minimum Gasteiger partial charge on any atom is -0.396 e. The van der Waals surface area contributed by atoms with Crippen molar-refractivity contribution in [3.05, 3.63) is 24.0 Å². The van der Waals surface area contributed by atoms with E-state index in [1.165, 1.54) is 18.6 Å². The zero-order valence-corrected chi connectivity index (χ0v) is 12.9. The summed E-state index contributed by atoms with van der Waals surface area (Å²) in [6.45, 7) is 3.67. The zero-order chi connectivity index (χ0) is 15.9. The first kappa shape index (κ1) is 16.5. The van der Waals surface area contributed by atoms with Gasteiger partial charge in [-0.15, -0.1) is 0 Å². The molecule has 1 aromatic rings. The van der Waals surface area contributed by atoms with Crippen molar-refractivity contribution in [2.24, 2.45) is 0 Å². The van der Waals surface area contributed by atoms with Gasteiger partial charge in [-0.3, -0.25) is 0 Å². The molecular formula is C16H24FN3O2. The summed E-state index contributed by atoms with van der Waals surface area (Å²) in [6.07, 6.45) is 3.91. The Morgan fingerprint density at radius 2 is 2.09 bits per heavy atom. The topological polar surface area (TPSA) is 64.6 Å². The van der Waals surface area contributed by atoms with Crippen molar-refractivity contribution in [3.8, 4) is 0 Å². The maximum absolute atomic E-state index is 13.5. The van der Waals surface area contributed by atoms with Gasteiger partial charge >= 0.3 is 6.03 Å². The number of hydrogen-bond donors (Lipinski definition) is 3. The van der Waals surface area contributed by atoms with E-state index >= 15 is 0 Å². The highest BCUT2D eigenvalue weighted by Gasteiger charge is 2.17. The van der Waals surface area contributed by atoms with Crippen LogP contribution in [-0.4, -0.2) is 36.9 Å². The Bertz CT molecular complexity index is 504. The van der Waals surface area contributed by atoms with Crippen molar-refractivity contribution < 1.29 is 14.3 Å². The summed E-state index contributed by atoms with van der Waals surface area (Å²) in [4.78, 5) is 14.2. The number of hydrogen-bond acceptors (Lipinski definition) is 3. The molecule has 1 aromatic carbocycles. The number of anilines is 2. The first-order valence-electron chi connectivity index (χ1n) is 7.83. The number of piperidine rings is 1. The van der Waals surface area contributed by atoms with Gasteiger partial charge in [0.05, 0.1) is 11.4 Å². The number of rotatable bonds is 5. The summed E-state index contributed by atoms with van der Waals surface area (Å²) in [6, 6.07) is 3.96. The highest BCUT2D eigenvalue weighted by Crippen LogP contribution is 2.29. The van der Waals surface area contributed by atoms with Crippen LogP contribution in [0.5, 0.6) is 0 Å². The molecule has 0 unspecified atom stereocenters. The number of carbonyl (C=O) groups is 1. The van der Waals surface area contributed by atoms with Gasteiger partial charge in [-0.2, -0.15) is 0 Å². The highest BCUT2D eigenvalue weighted by molar-refractivity contribution is 5.93. The summed E-state index contributed by atoms with van der Waals surface area (Å²) in [5.74, 6) is -0.375. The van der Waals surface area contributed by atoms with Gasteiger partial charge in [-0.25, -0.2) is 9.18 Å². The molecule has 0 aliphatic carbocycles. The van der Waals surface area contributed by atoms with Crippen LogP contribution in [0.15, 0.2) is 18.2 Å². The molecule has 1 aliphatic heterocycles. The number of aliphatic hydroxyl groups excluding tert-OH is 1. The first-order valence-corrected chi connectivity index (χ1v) is 7.83. The Labute approximate surface area is 130 Å². The largest absolute Gasteiger partial charge is 0.396 e. The molecule has 1 atom stereocenters. The lowest BCUT2D eigenvalue weighted by molar-refractivity contribution is 0.241. The van der Waals surface area contributed by atoms with E-state index in [0.717, 1.165) is 31.6 Å². The number of amides is 2. The number of benzene rings is 1. The van der Waals surface area contributed by atoms with E-state index in [1.54, 1.807) is 6.07 Å². The van der Waals surface area contributed by atoms with Crippen LogP contribution in [0.1, 0.15) is 32.6 Å². The fraction of sp³-hybridized carbons (Fsp3) is 0.562. The van der Waals surface area contributed by atoms with E-state index in [2.05, 4.69) is 15.5 Å². The lowest BCUT2D eigenvalue weighted by Gasteiger charge is -2.30. The van der Waals surface area contributed by atoms with Crippen LogP contribution in [-0.2, 0) is 0 Å². The molecule has 5 nitrogen and oxygen atoms in total. The van der Waals surface area contributed by atoms with Gasteiger partial charge < -0.3 is 20.6 Å². The first-order chi connectivity index (χ1) is 10.6. The maximum atomic E-state index is 13.5. The molecule has 122 valence electrons. The molecule has 2 amide bonds. The molecule has 3 N–H and O–H groups in total. The van der Waals surface area contributed by atoms with Crippen LogP contribution in [0.3, 0.4) is 0 Å². The fourth-order valence-electron chi connectivity index (χ4n) is 2.67. The molecule has 1 heterocycles. The monoisotopic (exact) mass is 309 g/mol. The number of aliphatic hydroxyl groups is 1. The minimum absolute atomic E-state index is 0.0143. The Morgan fingerprint density at radius 1 is 1.36 bits per heavy atom. The molecule has 22 heavy (non-hydrogen) atoms. The van der Waals surface area contributed by atoms with Gasteiger partial charge in [0.1, 0.15) is 5.82 Å². The number of carbonyl (C=O) groups excluding carboxylic acids is 1. The van der Waals surface area contributed by atoms with Crippen molar-refractivity contribution in [2.75, 3.05) is 29.9 Å². The fourth-order valence-corrected chi connectivity index (χ4v) is 2.67. The summed E-state index contributed by atoms with van der Waals surface area (Å²) in [7, 11) is 0. The maximum Gasteiger partial charge on any atom is 0.319 e. The molecule has 6 heteroatoms. The third kappa shape index (κ3) is 4.59. The van der Waals surface area contributed by atoms with E-state index in [9.17, 15) is 9.18 Å². The van der Waals surface area contributed by atoms with Gasteiger partial charge in [-0.1, -0.05) is 0 Å². The van der Waals surface area contributed by atoms with E-state index < -0.39 is 0 Å². The Balaban J connectivity index is 2.08. The summed E-state index contributed by atoms with van der Waals surface area (Å²) in [5.41, 5.74) is 1.33. The molecule has 0 spiro atoms. The van der Waals surface area contributed by atoms with Crippen molar-refractivity contribution >= 4 is 17.4 Å². The predicted octanol–water partition coefficient (Wildman–Crippen LogP) is 2.71.